The summed E-state index contributed by atoms with van der Waals surface area (Å²) in [6.07, 6.45) is 4.48. The second-order valence-corrected chi connectivity index (χ2v) is 6.62. The number of carbonyl (C=O) groups excluding carboxylic acids is 3. The number of benzene rings is 1. The van der Waals surface area contributed by atoms with E-state index in [0.29, 0.717) is 17.9 Å². The van der Waals surface area contributed by atoms with E-state index >= 15 is 0 Å². The van der Waals surface area contributed by atoms with E-state index < -0.39 is 11.9 Å². The molecule has 0 radical (unpaired) electrons. The summed E-state index contributed by atoms with van der Waals surface area (Å²) in [5.41, 5.74) is 0.382. The van der Waals surface area contributed by atoms with Crippen LogP contribution in [0.2, 0.25) is 0 Å². The van der Waals surface area contributed by atoms with E-state index in [1.807, 2.05) is 4.90 Å². The molecule has 0 spiro atoms. The van der Waals surface area contributed by atoms with Crippen LogP contribution in [-0.2, 0) is 14.3 Å². The lowest BCUT2D eigenvalue weighted by molar-refractivity contribution is -0.147. The molecule has 0 unspecified atom stereocenters. The summed E-state index contributed by atoms with van der Waals surface area (Å²) in [5.74, 6) is -0.796. The first-order chi connectivity index (χ1) is 12.1. The Morgan fingerprint density at radius 1 is 1.20 bits per heavy atom. The molecule has 134 valence electrons. The summed E-state index contributed by atoms with van der Waals surface area (Å²) in [5, 5.41) is 0. The van der Waals surface area contributed by atoms with Gasteiger partial charge in [-0.05, 0) is 25.0 Å². The van der Waals surface area contributed by atoms with Gasteiger partial charge >= 0.3 is 5.97 Å². The molecule has 1 aliphatic carbocycles. The molecular formula is C19H23NO5. The van der Waals surface area contributed by atoms with Gasteiger partial charge in [0.05, 0.1) is 18.6 Å². The number of carbonyl (C=O) groups is 3. The van der Waals surface area contributed by atoms with Crippen LogP contribution in [-0.4, -0.2) is 48.9 Å². The number of hydrogen-bond donors (Lipinski definition) is 0. The minimum atomic E-state index is -0.475. The summed E-state index contributed by atoms with van der Waals surface area (Å²) in [6.45, 7) is 0.0680. The molecule has 6 heteroatoms. The van der Waals surface area contributed by atoms with Gasteiger partial charge in [-0.15, -0.1) is 0 Å². The van der Waals surface area contributed by atoms with E-state index in [-0.39, 0.29) is 30.8 Å². The lowest BCUT2D eigenvalue weighted by atomic mass is 10.1. The molecule has 6 nitrogen and oxygen atoms in total. The van der Waals surface area contributed by atoms with Crippen molar-refractivity contribution in [2.24, 2.45) is 5.92 Å². The molecule has 1 saturated heterocycles. The number of ketones is 1. The van der Waals surface area contributed by atoms with Crippen LogP contribution in [0.1, 0.15) is 42.5 Å². The minimum absolute atomic E-state index is 0.0184. The van der Waals surface area contributed by atoms with E-state index in [2.05, 4.69) is 0 Å². The Hall–Kier alpha value is -2.37. The molecule has 1 amide bonds. The van der Waals surface area contributed by atoms with Crippen molar-refractivity contribution in [1.29, 1.82) is 0 Å². The van der Waals surface area contributed by atoms with Crippen LogP contribution in [0, 0.1) is 5.92 Å². The Bertz CT molecular complexity index is 666. The van der Waals surface area contributed by atoms with Crippen LogP contribution < -0.4 is 4.74 Å². The molecule has 0 aromatic heterocycles. The Kier molecular flexibility index (Phi) is 5.36. The molecule has 3 rings (SSSR count). The van der Waals surface area contributed by atoms with Gasteiger partial charge in [0.2, 0.25) is 11.7 Å². The fraction of sp³-hybridized carbons (Fsp3) is 0.526. The van der Waals surface area contributed by atoms with E-state index in [1.54, 1.807) is 24.3 Å². The Morgan fingerprint density at radius 3 is 2.64 bits per heavy atom. The quantitative estimate of drug-likeness (QED) is 0.584. The molecule has 1 aromatic carbocycles. The molecule has 1 atom stereocenters. The Labute approximate surface area is 147 Å². The summed E-state index contributed by atoms with van der Waals surface area (Å²) in [7, 11) is 1.49. The molecule has 0 bridgehead atoms. The fourth-order valence-corrected chi connectivity index (χ4v) is 3.67. The van der Waals surface area contributed by atoms with Crippen molar-refractivity contribution in [3.05, 3.63) is 29.8 Å². The van der Waals surface area contributed by atoms with Crippen LogP contribution in [0.4, 0.5) is 0 Å². The maximum absolute atomic E-state index is 12.3. The largest absolute Gasteiger partial charge is 0.496 e. The number of ether oxygens (including phenoxy) is 2. The average Bonchev–Trinajstić information content (AvgIpc) is 3.28. The SMILES string of the molecule is COc1ccccc1C(=O)COC(=O)[C@@H]1CC(=O)N(C2CCCC2)C1. The summed E-state index contributed by atoms with van der Waals surface area (Å²) < 4.78 is 10.3. The van der Waals surface area contributed by atoms with E-state index in [0.717, 1.165) is 25.7 Å². The van der Waals surface area contributed by atoms with Crippen LogP contribution in [0.5, 0.6) is 5.75 Å². The molecule has 0 N–H and O–H groups in total. The van der Waals surface area contributed by atoms with Crippen LogP contribution in [0.25, 0.3) is 0 Å². The van der Waals surface area contributed by atoms with Crippen LogP contribution >= 0.6 is 0 Å². The zero-order valence-corrected chi connectivity index (χ0v) is 14.4. The Balaban J connectivity index is 1.54. The zero-order valence-electron chi connectivity index (χ0n) is 14.4. The van der Waals surface area contributed by atoms with Crippen molar-refractivity contribution in [3.63, 3.8) is 0 Å². The molecule has 1 aromatic rings. The Morgan fingerprint density at radius 2 is 1.92 bits per heavy atom. The van der Waals surface area contributed by atoms with Crippen molar-refractivity contribution >= 4 is 17.7 Å². The first-order valence-corrected chi connectivity index (χ1v) is 8.72. The third kappa shape index (κ3) is 3.83. The van der Waals surface area contributed by atoms with Gasteiger partial charge in [0.15, 0.2) is 6.61 Å². The molecule has 2 aliphatic rings. The predicted octanol–water partition coefficient (Wildman–Crippen LogP) is 2.21. The van der Waals surface area contributed by atoms with Gasteiger partial charge in [-0.1, -0.05) is 25.0 Å². The minimum Gasteiger partial charge on any atom is -0.496 e. The number of likely N-dealkylation sites (tertiary alicyclic amines) is 1. The number of nitrogens with zero attached hydrogens (tertiary/aromatic N) is 1. The number of methoxy groups -OCH3 is 1. The van der Waals surface area contributed by atoms with Crippen molar-refractivity contribution in [3.8, 4) is 5.75 Å². The van der Waals surface area contributed by atoms with Crippen molar-refractivity contribution in [2.45, 2.75) is 38.1 Å². The lowest BCUT2D eigenvalue weighted by Gasteiger charge is -2.23. The number of Topliss-reactive ketones (excluding diaryl/α,β-unsaturated/α-hetero) is 1. The monoisotopic (exact) mass is 345 g/mol. The van der Waals surface area contributed by atoms with Crippen LogP contribution in [0.3, 0.4) is 0 Å². The maximum Gasteiger partial charge on any atom is 0.311 e. The van der Waals surface area contributed by atoms with Gasteiger partial charge in [0.1, 0.15) is 5.75 Å². The third-order valence-corrected chi connectivity index (χ3v) is 5.01. The topological polar surface area (TPSA) is 72.9 Å². The van der Waals surface area contributed by atoms with Gasteiger partial charge in [0, 0.05) is 19.0 Å². The van der Waals surface area contributed by atoms with Gasteiger partial charge in [-0.3, -0.25) is 14.4 Å². The van der Waals surface area contributed by atoms with Crippen LogP contribution in [0.15, 0.2) is 24.3 Å². The summed E-state index contributed by atoms with van der Waals surface area (Å²) >= 11 is 0. The number of amides is 1. The molecule has 2 fully saturated rings. The highest BCUT2D eigenvalue weighted by atomic mass is 16.5. The lowest BCUT2D eigenvalue weighted by Crippen LogP contribution is -2.35. The zero-order chi connectivity index (χ0) is 17.8. The second kappa shape index (κ2) is 7.68. The summed E-state index contributed by atoms with van der Waals surface area (Å²) in [4.78, 5) is 38.5. The van der Waals surface area contributed by atoms with Gasteiger partial charge in [0.25, 0.3) is 0 Å². The van der Waals surface area contributed by atoms with E-state index in [9.17, 15) is 14.4 Å². The number of esters is 1. The molecule has 1 heterocycles. The highest BCUT2D eigenvalue weighted by Crippen LogP contribution is 2.30. The molecule has 1 saturated carbocycles. The fourth-order valence-electron chi connectivity index (χ4n) is 3.67. The highest BCUT2D eigenvalue weighted by Gasteiger charge is 2.39. The normalized spacial score (nSPS) is 20.8. The van der Waals surface area contributed by atoms with Crippen molar-refractivity contribution in [2.75, 3.05) is 20.3 Å². The maximum atomic E-state index is 12.3. The van der Waals surface area contributed by atoms with Crippen molar-refractivity contribution < 1.29 is 23.9 Å². The average molecular weight is 345 g/mol. The van der Waals surface area contributed by atoms with Gasteiger partial charge < -0.3 is 14.4 Å². The smallest absolute Gasteiger partial charge is 0.311 e. The molecular weight excluding hydrogens is 322 g/mol. The standard InChI is InChI=1S/C19H23NO5/c1-24-17-9-5-4-8-15(17)16(21)12-25-19(23)13-10-18(22)20(11-13)14-6-2-3-7-14/h4-5,8-9,13-14H,2-3,6-7,10-12H2,1H3/t13-/m1/s1. The predicted molar refractivity (Wildman–Crippen MR) is 90.4 cm³/mol. The first-order valence-electron chi connectivity index (χ1n) is 8.72. The van der Waals surface area contributed by atoms with Gasteiger partial charge in [-0.2, -0.15) is 0 Å². The van der Waals surface area contributed by atoms with E-state index in [4.69, 9.17) is 9.47 Å². The summed E-state index contributed by atoms with van der Waals surface area (Å²) in [6, 6.07) is 7.08. The third-order valence-electron chi connectivity index (χ3n) is 5.01. The van der Waals surface area contributed by atoms with E-state index in [1.165, 1.54) is 7.11 Å². The molecule has 1 aliphatic heterocycles. The highest BCUT2D eigenvalue weighted by molar-refractivity contribution is 6.00. The molecule has 25 heavy (non-hydrogen) atoms. The van der Waals surface area contributed by atoms with Crippen molar-refractivity contribution in [1.82, 2.24) is 4.90 Å². The number of hydrogen-bond acceptors (Lipinski definition) is 5. The van der Waals surface area contributed by atoms with Gasteiger partial charge in [-0.25, -0.2) is 0 Å². The first kappa shape index (κ1) is 17.5. The number of para-hydroxylation sites is 1. The number of rotatable bonds is 6. The second-order valence-electron chi connectivity index (χ2n) is 6.62.